The first kappa shape index (κ1) is 25.4. The van der Waals surface area contributed by atoms with Crippen LogP contribution in [0.5, 0.6) is 0 Å². The van der Waals surface area contributed by atoms with Gasteiger partial charge < -0.3 is 15.5 Å². The summed E-state index contributed by atoms with van der Waals surface area (Å²) in [5.41, 5.74) is 7.13. The van der Waals surface area contributed by atoms with E-state index in [4.69, 9.17) is 5.73 Å². The van der Waals surface area contributed by atoms with E-state index in [1.807, 2.05) is 0 Å². The SMILES string of the molecule is Cc1nc(N)sc1C(=O)N1CCC(c2nn(CC(=O)N3CCC[C@H]3C(F)(F)F)c3cccc(F)c23)CC1. The van der Waals surface area contributed by atoms with E-state index in [2.05, 4.69) is 10.1 Å². The highest BCUT2D eigenvalue weighted by molar-refractivity contribution is 7.17. The minimum atomic E-state index is -4.50. The first-order valence-electron chi connectivity index (χ1n) is 12.1. The maximum absolute atomic E-state index is 15.0. The zero-order valence-electron chi connectivity index (χ0n) is 20.1. The fourth-order valence-electron chi connectivity index (χ4n) is 5.36. The van der Waals surface area contributed by atoms with Crippen molar-refractivity contribution in [1.29, 1.82) is 0 Å². The highest BCUT2D eigenvalue weighted by Gasteiger charge is 2.47. The fraction of sp³-hybridized carbons (Fsp3) is 0.500. The zero-order valence-corrected chi connectivity index (χ0v) is 20.9. The Labute approximate surface area is 214 Å². The Morgan fingerprint density at radius 3 is 2.54 bits per heavy atom. The number of nitrogens with zero attached hydrogens (tertiary/aromatic N) is 5. The Kier molecular flexibility index (Phi) is 6.59. The van der Waals surface area contributed by atoms with E-state index in [-0.39, 0.29) is 36.6 Å². The van der Waals surface area contributed by atoms with Gasteiger partial charge in [0.05, 0.1) is 22.3 Å². The van der Waals surface area contributed by atoms with Crippen LogP contribution in [0.4, 0.5) is 22.7 Å². The molecule has 2 N–H and O–H groups in total. The van der Waals surface area contributed by atoms with E-state index < -0.39 is 30.5 Å². The van der Waals surface area contributed by atoms with Gasteiger partial charge in [-0.1, -0.05) is 17.4 Å². The summed E-state index contributed by atoms with van der Waals surface area (Å²) in [6.45, 7) is 2.19. The number of carbonyl (C=O) groups is 2. The van der Waals surface area contributed by atoms with Crippen LogP contribution in [0.25, 0.3) is 10.9 Å². The molecule has 2 aromatic heterocycles. The Morgan fingerprint density at radius 2 is 1.89 bits per heavy atom. The van der Waals surface area contributed by atoms with Gasteiger partial charge >= 0.3 is 6.18 Å². The summed E-state index contributed by atoms with van der Waals surface area (Å²) >= 11 is 1.14. The van der Waals surface area contributed by atoms with Gasteiger partial charge in [-0.15, -0.1) is 0 Å². The standard InChI is InChI=1S/C24H26F4N6O2S/c1-13-21(37-23(29)30-13)22(36)32-10-7-14(8-11-32)20-19-15(25)4-2-5-16(19)34(31-20)12-18(35)33-9-3-6-17(33)24(26,27)28/h2,4-5,14,17H,3,6-12H2,1H3,(H2,29,30)/t17-/m0/s1. The van der Waals surface area contributed by atoms with Gasteiger partial charge in [-0.25, -0.2) is 9.37 Å². The fourth-order valence-corrected chi connectivity index (χ4v) is 6.16. The van der Waals surface area contributed by atoms with Crippen LogP contribution in [0, 0.1) is 12.7 Å². The number of thiazole rings is 1. The van der Waals surface area contributed by atoms with Crippen LogP contribution in [0.15, 0.2) is 18.2 Å². The number of anilines is 1. The number of nitrogen functional groups attached to an aromatic ring is 1. The molecule has 4 heterocycles. The highest BCUT2D eigenvalue weighted by Crippen LogP contribution is 2.36. The van der Waals surface area contributed by atoms with Crippen LogP contribution in [0.1, 0.15) is 52.7 Å². The lowest BCUT2D eigenvalue weighted by molar-refractivity contribution is -0.183. The molecule has 0 radical (unpaired) electrons. The van der Waals surface area contributed by atoms with Gasteiger partial charge in [0.2, 0.25) is 5.91 Å². The lowest BCUT2D eigenvalue weighted by Crippen LogP contribution is -2.45. The number of alkyl halides is 3. The maximum Gasteiger partial charge on any atom is 0.408 e. The lowest BCUT2D eigenvalue weighted by Gasteiger charge is -2.31. The number of halogens is 4. The van der Waals surface area contributed by atoms with E-state index >= 15 is 0 Å². The number of amides is 2. The van der Waals surface area contributed by atoms with Gasteiger partial charge in [0, 0.05) is 25.6 Å². The molecule has 0 bridgehead atoms. The molecule has 3 aromatic rings. The minimum Gasteiger partial charge on any atom is -0.375 e. The number of fused-ring (bicyclic) bond motifs is 1. The molecule has 0 saturated carbocycles. The molecule has 1 atom stereocenters. The number of aryl methyl sites for hydroxylation is 1. The average molecular weight is 539 g/mol. The molecule has 0 spiro atoms. The van der Waals surface area contributed by atoms with Gasteiger partial charge in [-0.2, -0.15) is 18.3 Å². The Balaban J connectivity index is 1.36. The molecule has 2 saturated heterocycles. The molecule has 0 unspecified atom stereocenters. The van der Waals surface area contributed by atoms with Crippen molar-refractivity contribution in [2.75, 3.05) is 25.4 Å². The van der Waals surface area contributed by atoms with Crippen molar-refractivity contribution in [1.82, 2.24) is 24.6 Å². The van der Waals surface area contributed by atoms with Crippen LogP contribution in [0.3, 0.4) is 0 Å². The van der Waals surface area contributed by atoms with E-state index in [1.165, 1.54) is 16.8 Å². The second-order valence-corrected chi connectivity index (χ2v) is 10.5. The van der Waals surface area contributed by atoms with Crippen LogP contribution in [-0.4, -0.2) is 68.2 Å². The predicted octanol–water partition coefficient (Wildman–Crippen LogP) is 4.10. The quantitative estimate of drug-likeness (QED) is 0.505. The molecule has 5 rings (SSSR count). The second-order valence-electron chi connectivity index (χ2n) is 9.50. The third kappa shape index (κ3) is 4.76. The monoisotopic (exact) mass is 538 g/mol. The molecular formula is C24H26F4N6O2S. The number of hydrogen-bond donors (Lipinski definition) is 1. The molecule has 13 heteroatoms. The first-order valence-corrected chi connectivity index (χ1v) is 12.9. The van der Waals surface area contributed by atoms with E-state index in [0.29, 0.717) is 52.8 Å². The molecule has 0 aliphatic carbocycles. The van der Waals surface area contributed by atoms with Crippen molar-refractivity contribution < 1.29 is 27.2 Å². The summed E-state index contributed by atoms with van der Waals surface area (Å²) in [5, 5.41) is 5.13. The summed E-state index contributed by atoms with van der Waals surface area (Å²) in [4.78, 5) is 33.0. The molecule has 2 amide bonds. The topological polar surface area (TPSA) is 97.3 Å². The van der Waals surface area contributed by atoms with Crippen molar-refractivity contribution in [2.45, 2.75) is 57.3 Å². The van der Waals surface area contributed by atoms with Gasteiger partial charge in [0.15, 0.2) is 5.13 Å². The first-order chi connectivity index (χ1) is 17.5. The van der Waals surface area contributed by atoms with Gasteiger partial charge in [-0.05, 0) is 44.7 Å². The van der Waals surface area contributed by atoms with Crippen molar-refractivity contribution in [3.63, 3.8) is 0 Å². The minimum absolute atomic E-state index is 0.0286. The molecule has 2 aliphatic rings. The van der Waals surface area contributed by atoms with E-state index in [0.717, 1.165) is 16.2 Å². The van der Waals surface area contributed by atoms with Crippen molar-refractivity contribution in [2.24, 2.45) is 0 Å². The largest absolute Gasteiger partial charge is 0.408 e. The third-order valence-electron chi connectivity index (χ3n) is 7.17. The number of benzene rings is 1. The van der Waals surface area contributed by atoms with Crippen LogP contribution >= 0.6 is 11.3 Å². The smallest absolute Gasteiger partial charge is 0.375 e. The van der Waals surface area contributed by atoms with Gasteiger partial charge in [0.25, 0.3) is 5.91 Å². The number of hydrogen-bond acceptors (Lipinski definition) is 6. The number of nitrogens with two attached hydrogens (primary N) is 1. The summed E-state index contributed by atoms with van der Waals surface area (Å²) in [6.07, 6.45) is -3.30. The average Bonchev–Trinajstić information content (AvgIpc) is 3.56. The summed E-state index contributed by atoms with van der Waals surface area (Å²) in [5.74, 6) is -1.53. The normalized spacial score (nSPS) is 19.2. The molecule has 198 valence electrons. The maximum atomic E-state index is 15.0. The van der Waals surface area contributed by atoms with Crippen molar-refractivity contribution >= 4 is 39.2 Å². The summed E-state index contributed by atoms with van der Waals surface area (Å²) < 4.78 is 56.4. The Morgan fingerprint density at radius 1 is 1.16 bits per heavy atom. The summed E-state index contributed by atoms with van der Waals surface area (Å²) in [7, 11) is 0. The number of aromatic nitrogens is 3. The van der Waals surface area contributed by atoms with Crippen molar-refractivity contribution in [3.05, 3.63) is 40.3 Å². The second kappa shape index (κ2) is 9.58. The number of likely N-dealkylation sites (tertiary alicyclic amines) is 2. The number of rotatable bonds is 4. The number of carbonyl (C=O) groups excluding carboxylic acids is 2. The highest BCUT2D eigenvalue weighted by atomic mass is 32.1. The molecule has 8 nitrogen and oxygen atoms in total. The third-order valence-corrected chi connectivity index (χ3v) is 8.14. The number of piperidine rings is 1. The van der Waals surface area contributed by atoms with Gasteiger partial charge in [0.1, 0.15) is 23.3 Å². The molecule has 1 aromatic carbocycles. The Hall–Kier alpha value is -3.22. The summed E-state index contributed by atoms with van der Waals surface area (Å²) in [6, 6.07) is 2.60. The van der Waals surface area contributed by atoms with E-state index in [9.17, 15) is 27.2 Å². The van der Waals surface area contributed by atoms with Crippen LogP contribution < -0.4 is 5.73 Å². The molecule has 37 heavy (non-hydrogen) atoms. The molecular weight excluding hydrogens is 512 g/mol. The van der Waals surface area contributed by atoms with Crippen LogP contribution in [-0.2, 0) is 11.3 Å². The Bertz CT molecular complexity index is 1340. The van der Waals surface area contributed by atoms with E-state index in [1.54, 1.807) is 17.9 Å². The van der Waals surface area contributed by atoms with Crippen LogP contribution in [0.2, 0.25) is 0 Å². The predicted molar refractivity (Wildman–Crippen MR) is 130 cm³/mol. The van der Waals surface area contributed by atoms with Crippen molar-refractivity contribution in [3.8, 4) is 0 Å². The van der Waals surface area contributed by atoms with Gasteiger partial charge in [-0.3, -0.25) is 14.3 Å². The molecule has 2 fully saturated rings. The lowest BCUT2D eigenvalue weighted by atomic mass is 9.91. The molecule has 2 aliphatic heterocycles. The zero-order chi connectivity index (χ0) is 26.5.